The largest absolute Gasteiger partial charge is 0.368 e. The third kappa shape index (κ3) is 3.60. The first-order valence-electron chi connectivity index (χ1n) is 11.9. The lowest BCUT2D eigenvalue weighted by atomic mass is 9.68. The van der Waals surface area contributed by atoms with Crippen LogP contribution in [-0.2, 0) is 22.3 Å². The minimum Gasteiger partial charge on any atom is -0.368 e. The normalized spacial score (nSPS) is 26.8. The Morgan fingerprint density at radius 3 is 2.64 bits per heavy atom. The Balaban J connectivity index is 1.51. The Kier molecular flexibility index (Phi) is 5.63. The van der Waals surface area contributed by atoms with E-state index in [9.17, 15) is 0 Å². The average molecular weight is 443 g/mol. The predicted octanol–water partition coefficient (Wildman–Crippen LogP) is 5.11. The first-order chi connectivity index (χ1) is 16.0. The van der Waals surface area contributed by atoms with E-state index in [-0.39, 0.29) is 11.1 Å². The number of hydrogen-bond acceptors (Lipinski definition) is 4. The van der Waals surface area contributed by atoms with Gasteiger partial charge in [-0.1, -0.05) is 43.0 Å². The van der Waals surface area contributed by atoms with Crippen molar-refractivity contribution in [2.45, 2.75) is 49.7 Å². The fourth-order valence-electron chi connectivity index (χ4n) is 6.08. The van der Waals surface area contributed by atoms with Crippen LogP contribution in [0.25, 0.3) is 12.2 Å². The summed E-state index contributed by atoms with van der Waals surface area (Å²) in [6.45, 7) is 4.91. The fourth-order valence-corrected chi connectivity index (χ4v) is 6.08. The van der Waals surface area contributed by atoms with Crippen LogP contribution in [0.5, 0.6) is 0 Å². The van der Waals surface area contributed by atoms with Crippen LogP contribution in [0.15, 0.2) is 59.2 Å². The van der Waals surface area contributed by atoms with Crippen molar-refractivity contribution in [3.05, 3.63) is 82.2 Å². The smallest absolute Gasteiger partial charge is 0.108 e. The molecule has 0 bridgehead atoms. The van der Waals surface area contributed by atoms with Gasteiger partial charge in [-0.25, -0.2) is 0 Å². The molecule has 1 aliphatic heterocycles. The molecule has 0 amide bonds. The van der Waals surface area contributed by atoms with E-state index in [1.54, 1.807) is 6.21 Å². The van der Waals surface area contributed by atoms with Crippen LogP contribution in [-0.4, -0.2) is 36.8 Å². The molecule has 3 aliphatic rings. The Hall–Kier alpha value is -2.89. The predicted molar refractivity (Wildman–Crippen MR) is 136 cm³/mol. The number of nitrogens with two attached hydrogens (primary N) is 1. The minimum absolute atomic E-state index is 0.0451. The van der Waals surface area contributed by atoms with Crippen LogP contribution in [0.1, 0.15) is 60.2 Å². The van der Waals surface area contributed by atoms with Gasteiger partial charge in [0.2, 0.25) is 0 Å². The summed E-state index contributed by atoms with van der Waals surface area (Å²) < 4.78 is 6.61. The number of H-pyrrole nitrogens is 1. The van der Waals surface area contributed by atoms with Crippen molar-refractivity contribution in [2.24, 2.45) is 10.9 Å². The minimum atomic E-state index is -0.244. The first kappa shape index (κ1) is 21.9. The molecule has 5 nitrogen and oxygen atoms in total. The maximum Gasteiger partial charge on any atom is 0.108 e. The second kappa shape index (κ2) is 8.47. The number of fused-ring (bicyclic) bond motifs is 4. The molecule has 0 radical (unpaired) electrons. The molecule has 1 aromatic heterocycles. The second-order valence-corrected chi connectivity index (χ2v) is 9.77. The molecule has 2 heterocycles. The molecule has 1 fully saturated rings. The molecule has 0 unspecified atom stereocenters. The molecule has 1 saturated carbocycles. The van der Waals surface area contributed by atoms with E-state index in [2.05, 4.69) is 84.2 Å². The summed E-state index contributed by atoms with van der Waals surface area (Å²) in [6.07, 6.45) is 14.2. The van der Waals surface area contributed by atoms with Crippen molar-refractivity contribution in [2.75, 3.05) is 20.7 Å². The lowest BCUT2D eigenvalue weighted by molar-refractivity contribution is -0.113. The van der Waals surface area contributed by atoms with Crippen molar-refractivity contribution >= 4 is 18.4 Å². The van der Waals surface area contributed by atoms with Crippen LogP contribution >= 0.6 is 0 Å². The van der Waals surface area contributed by atoms with E-state index in [1.165, 1.54) is 28.1 Å². The van der Waals surface area contributed by atoms with Gasteiger partial charge in [-0.2, -0.15) is 5.10 Å². The molecule has 172 valence electrons. The Morgan fingerprint density at radius 2 is 1.94 bits per heavy atom. The SMILES string of the molecule is C=C(/C=N\N)C1=Cc2c([nH]c3c2CCOC32CCC(c3ccccc3)(N(C)C)CC2)C=CC1. The van der Waals surface area contributed by atoms with Crippen LogP contribution in [0.4, 0.5) is 0 Å². The van der Waals surface area contributed by atoms with Crippen molar-refractivity contribution in [3.63, 3.8) is 0 Å². The highest BCUT2D eigenvalue weighted by Crippen LogP contribution is 2.52. The molecule has 1 spiro atoms. The van der Waals surface area contributed by atoms with Crippen LogP contribution in [0.2, 0.25) is 0 Å². The van der Waals surface area contributed by atoms with Crippen LogP contribution in [0.3, 0.4) is 0 Å². The number of nitrogens with one attached hydrogen (secondary N) is 1. The highest BCUT2D eigenvalue weighted by Gasteiger charge is 2.49. The zero-order chi connectivity index (χ0) is 23.1. The van der Waals surface area contributed by atoms with E-state index in [0.717, 1.165) is 56.3 Å². The Labute approximate surface area is 196 Å². The maximum atomic E-state index is 6.61. The van der Waals surface area contributed by atoms with Gasteiger partial charge in [0.15, 0.2) is 0 Å². The second-order valence-electron chi connectivity index (χ2n) is 9.77. The lowest BCUT2D eigenvalue weighted by Crippen LogP contribution is -2.50. The third-order valence-corrected chi connectivity index (χ3v) is 8.00. The summed E-state index contributed by atoms with van der Waals surface area (Å²) in [7, 11) is 4.42. The van der Waals surface area contributed by atoms with E-state index in [0.29, 0.717) is 0 Å². The summed E-state index contributed by atoms with van der Waals surface area (Å²) in [5, 5.41) is 3.67. The Morgan fingerprint density at radius 1 is 1.18 bits per heavy atom. The molecule has 0 saturated heterocycles. The zero-order valence-corrected chi connectivity index (χ0v) is 19.7. The lowest BCUT2D eigenvalue weighted by Gasteiger charge is -2.50. The van der Waals surface area contributed by atoms with Gasteiger partial charge < -0.3 is 15.6 Å². The number of ether oxygens (including phenoxy) is 1. The number of hydrazone groups is 1. The number of aromatic amines is 1. The molecule has 2 aromatic rings. The summed E-state index contributed by atoms with van der Waals surface area (Å²) in [6, 6.07) is 11.0. The number of rotatable bonds is 4. The number of aromatic nitrogens is 1. The zero-order valence-electron chi connectivity index (χ0n) is 19.7. The summed E-state index contributed by atoms with van der Waals surface area (Å²) in [5.74, 6) is 5.38. The molecular formula is C28H34N4O. The highest BCUT2D eigenvalue weighted by atomic mass is 16.5. The van der Waals surface area contributed by atoms with Gasteiger partial charge in [0.1, 0.15) is 5.60 Å². The average Bonchev–Trinajstić information content (AvgIpc) is 3.04. The maximum absolute atomic E-state index is 6.61. The van der Waals surface area contributed by atoms with Gasteiger partial charge in [0.25, 0.3) is 0 Å². The fraction of sp³-hybridized carbons (Fsp3) is 0.393. The molecule has 1 aromatic carbocycles. The van der Waals surface area contributed by atoms with Crippen molar-refractivity contribution in [1.82, 2.24) is 9.88 Å². The molecule has 5 heteroatoms. The molecule has 3 N–H and O–H groups in total. The number of benzene rings is 1. The quantitative estimate of drug-likeness (QED) is 0.393. The highest BCUT2D eigenvalue weighted by molar-refractivity contribution is 5.88. The number of nitrogens with zero attached hydrogens (tertiary/aromatic N) is 2. The van der Waals surface area contributed by atoms with Gasteiger partial charge in [-0.15, -0.1) is 0 Å². The van der Waals surface area contributed by atoms with Crippen LogP contribution < -0.4 is 5.84 Å². The van der Waals surface area contributed by atoms with E-state index >= 15 is 0 Å². The molecule has 0 atom stereocenters. The van der Waals surface area contributed by atoms with Gasteiger partial charge >= 0.3 is 0 Å². The van der Waals surface area contributed by atoms with Gasteiger partial charge in [-0.3, -0.25) is 4.90 Å². The van der Waals surface area contributed by atoms with E-state index in [1.807, 2.05) is 0 Å². The van der Waals surface area contributed by atoms with E-state index < -0.39 is 0 Å². The molecule has 5 rings (SSSR count). The monoisotopic (exact) mass is 442 g/mol. The number of allylic oxidation sites excluding steroid dienone is 3. The third-order valence-electron chi connectivity index (χ3n) is 8.00. The van der Waals surface area contributed by atoms with Gasteiger partial charge in [0, 0.05) is 16.8 Å². The molecule has 33 heavy (non-hydrogen) atoms. The van der Waals surface area contributed by atoms with Crippen LogP contribution in [0, 0.1) is 0 Å². The standard InChI is InChI=1S/C28H34N4O/c1-20(19-30-29)21-8-7-11-25-24(18-21)23-12-17-33-28(26(23)31-25)15-13-27(14-16-28,32(2)3)22-9-5-4-6-10-22/h4-7,9-11,18-19,31H,1,8,12-17,29H2,2-3H3/b30-19-. The van der Waals surface area contributed by atoms with Crippen molar-refractivity contribution in [1.29, 1.82) is 0 Å². The summed E-state index contributed by atoms with van der Waals surface area (Å²) in [5.41, 5.74) is 8.34. The number of hydrogen-bond donors (Lipinski definition) is 2. The molecule has 2 aliphatic carbocycles. The van der Waals surface area contributed by atoms with Gasteiger partial charge in [0.05, 0.1) is 18.5 Å². The summed E-state index contributed by atoms with van der Waals surface area (Å²) >= 11 is 0. The van der Waals surface area contributed by atoms with E-state index in [4.69, 9.17) is 10.6 Å². The van der Waals surface area contributed by atoms with Crippen molar-refractivity contribution < 1.29 is 4.74 Å². The first-order valence-corrected chi connectivity index (χ1v) is 11.9. The summed E-state index contributed by atoms with van der Waals surface area (Å²) in [4.78, 5) is 6.19. The van der Waals surface area contributed by atoms with Gasteiger partial charge in [-0.05, 0) is 87.0 Å². The topological polar surface area (TPSA) is 66.6 Å². The molecular weight excluding hydrogens is 408 g/mol. The van der Waals surface area contributed by atoms with Crippen molar-refractivity contribution in [3.8, 4) is 0 Å². The Bertz CT molecular complexity index is 1130.